The summed E-state index contributed by atoms with van der Waals surface area (Å²) in [6.07, 6.45) is 8.90. The van der Waals surface area contributed by atoms with E-state index in [1.807, 2.05) is 0 Å². The van der Waals surface area contributed by atoms with Gasteiger partial charge in [-0.25, -0.2) is 8.42 Å². The van der Waals surface area contributed by atoms with Gasteiger partial charge >= 0.3 is 5.97 Å². The molecule has 140 valence electrons. The molecule has 1 aliphatic heterocycles. The first-order valence-electron chi connectivity index (χ1n) is 9.33. The lowest BCUT2D eigenvalue weighted by Crippen LogP contribution is -2.45. The zero-order valence-corrected chi connectivity index (χ0v) is 16.3. The molecule has 0 N–H and O–H groups in total. The number of hydrogen-bond donors (Lipinski definition) is 0. The van der Waals surface area contributed by atoms with Gasteiger partial charge in [-0.2, -0.15) is 0 Å². The first-order valence-corrected chi connectivity index (χ1v) is 10.9. The molecule has 0 radical (unpaired) electrons. The zero-order valence-electron chi connectivity index (χ0n) is 15.5. The van der Waals surface area contributed by atoms with Gasteiger partial charge < -0.3 is 4.74 Å². The molecule has 0 amide bonds. The molecular weight excluding hydrogens is 326 g/mol. The summed E-state index contributed by atoms with van der Waals surface area (Å²) in [6.45, 7) is 3.44. The summed E-state index contributed by atoms with van der Waals surface area (Å²) in [5.41, 5.74) is 0. The smallest absolute Gasteiger partial charge is 0.323 e. The number of sulfone groups is 1. The van der Waals surface area contributed by atoms with Crippen molar-refractivity contribution in [3.8, 4) is 0 Å². The van der Waals surface area contributed by atoms with Gasteiger partial charge in [0.05, 0.1) is 12.4 Å². The zero-order chi connectivity index (χ0) is 17.9. The van der Waals surface area contributed by atoms with Crippen LogP contribution < -0.4 is 0 Å². The van der Waals surface area contributed by atoms with Crippen molar-refractivity contribution < 1.29 is 17.9 Å². The van der Waals surface area contributed by atoms with Crippen LogP contribution >= 0.6 is 0 Å². The van der Waals surface area contributed by atoms with Crippen LogP contribution in [0.15, 0.2) is 0 Å². The fourth-order valence-corrected chi connectivity index (χ4v) is 6.23. The number of likely N-dealkylation sites (tertiary alicyclic amines) is 1. The first kappa shape index (κ1) is 19.7. The van der Waals surface area contributed by atoms with Crippen LogP contribution in [0.1, 0.15) is 65.2 Å². The molecule has 3 unspecified atom stereocenters. The SMILES string of the molecule is COC(=O)C1C(C2CCCCCCC2)CC(S(=O)(=O)C(C)C)N1C. The number of rotatable bonds is 4. The van der Waals surface area contributed by atoms with E-state index in [4.69, 9.17) is 4.74 Å². The number of carbonyl (C=O) groups excluding carboxylic acids is 1. The van der Waals surface area contributed by atoms with Crippen LogP contribution in [0.25, 0.3) is 0 Å². The number of carbonyl (C=O) groups is 1. The third kappa shape index (κ3) is 3.96. The Hall–Kier alpha value is -0.620. The van der Waals surface area contributed by atoms with Gasteiger partial charge in [0.1, 0.15) is 11.4 Å². The Morgan fingerprint density at radius 1 is 1.08 bits per heavy atom. The number of likely N-dealkylation sites (N-methyl/N-ethyl adjacent to an activating group) is 1. The number of esters is 1. The summed E-state index contributed by atoms with van der Waals surface area (Å²) in [7, 11) is -0.0988. The summed E-state index contributed by atoms with van der Waals surface area (Å²) >= 11 is 0. The largest absolute Gasteiger partial charge is 0.468 e. The molecule has 1 aliphatic carbocycles. The Balaban J connectivity index is 2.28. The van der Waals surface area contributed by atoms with E-state index in [-0.39, 0.29) is 11.9 Å². The highest BCUT2D eigenvalue weighted by atomic mass is 32.2. The van der Waals surface area contributed by atoms with Gasteiger partial charge in [0.25, 0.3) is 0 Å². The fraction of sp³-hybridized carbons (Fsp3) is 0.944. The Morgan fingerprint density at radius 3 is 2.12 bits per heavy atom. The van der Waals surface area contributed by atoms with Crippen LogP contribution in [0.5, 0.6) is 0 Å². The lowest BCUT2D eigenvalue weighted by Gasteiger charge is -2.30. The van der Waals surface area contributed by atoms with E-state index < -0.39 is 26.5 Å². The Bertz CT molecular complexity index is 523. The molecular formula is C18H33NO4S. The van der Waals surface area contributed by atoms with Crippen molar-refractivity contribution in [3.63, 3.8) is 0 Å². The summed E-state index contributed by atoms with van der Waals surface area (Å²) in [5.74, 6) is 0.217. The third-order valence-corrected chi connectivity index (χ3v) is 8.60. The van der Waals surface area contributed by atoms with Crippen molar-refractivity contribution in [2.75, 3.05) is 14.2 Å². The van der Waals surface area contributed by atoms with Gasteiger partial charge in [-0.05, 0) is 39.2 Å². The average molecular weight is 360 g/mol. The molecule has 24 heavy (non-hydrogen) atoms. The standard InChI is InChI=1S/C18H33NO4S/c1-13(2)24(21,22)16-12-15(17(19(16)3)18(20)23-4)14-10-8-6-5-7-9-11-14/h13-17H,5-12H2,1-4H3. The quantitative estimate of drug-likeness (QED) is 0.722. The van der Waals surface area contributed by atoms with Gasteiger partial charge in [0, 0.05) is 0 Å². The van der Waals surface area contributed by atoms with Crippen molar-refractivity contribution in [2.45, 2.75) is 81.9 Å². The molecule has 5 nitrogen and oxygen atoms in total. The van der Waals surface area contributed by atoms with Crippen LogP contribution in [0, 0.1) is 11.8 Å². The number of nitrogens with zero attached hydrogens (tertiary/aromatic N) is 1. The minimum atomic E-state index is -3.27. The molecule has 0 aromatic rings. The van der Waals surface area contributed by atoms with Gasteiger partial charge in [-0.1, -0.05) is 44.9 Å². The molecule has 2 aliphatic rings. The maximum absolute atomic E-state index is 12.8. The van der Waals surface area contributed by atoms with Crippen molar-refractivity contribution in [1.29, 1.82) is 0 Å². The minimum absolute atomic E-state index is 0.0825. The minimum Gasteiger partial charge on any atom is -0.468 e. The normalized spacial score (nSPS) is 31.0. The summed E-state index contributed by atoms with van der Waals surface area (Å²) in [4.78, 5) is 14.2. The molecule has 0 bridgehead atoms. The van der Waals surface area contributed by atoms with Gasteiger partial charge in [-0.15, -0.1) is 0 Å². The van der Waals surface area contributed by atoms with E-state index in [0.29, 0.717) is 12.3 Å². The van der Waals surface area contributed by atoms with Crippen LogP contribution in [0.2, 0.25) is 0 Å². The second kappa shape index (κ2) is 8.17. The first-order chi connectivity index (χ1) is 11.3. The van der Waals surface area contributed by atoms with E-state index in [0.717, 1.165) is 12.8 Å². The van der Waals surface area contributed by atoms with E-state index in [2.05, 4.69) is 0 Å². The molecule has 1 heterocycles. The van der Waals surface area contributed by atoms with E-state index >= 15 is 0 Å². The molecule has 2 rings (SSSR count). The second-order valence-corrected chi connectivity index (χ2v) is 10.4. The molecule has 1 saturated carbocycles. The second-order valence-electron chi connectivity index (χ2n) is 7.73. The van der Waals surface area contributed by atoms with Crippen molar-refractivity contribution >= 4 is 15.8 Å². The lowest BCUT2D eigenvalue weighted by molar-refractivity contribution is -0.147. The molecule has 6 heteroatoms. The maximum Gasteiger partial charge on any atom is 0.323 e. The van der Waals surface area contributed by atoms with Crippen LogP contribution in [-0.4, -0.2) is 50.1 Å². The number of methoxy groups -OCH3 is 1. The van der Waals surface area contributed by atoms with Crippen LogP contribution in [0.4, 0.5) is 0 Å². The Morgan fingerprint density at radius 2 is 1.62 bits per heavy atom. The monoisotopic (exact) mass is 359 g/mol. The molecule has 3 atom stereocenters. The molecule has 0 aromatic carbocycles. The number of ether oxygens (including phenoxy) is 1. The third-order valence-electron chi connectivity index (χ3n) is 6.01. The molecule has 2 fully saturated rings. The summed E-state index contributed by atoms with van der Waals surface area (Å²) < 4.78 is 30.5. The lowest BCUT2D eigenvalue weighted by atomic mass is 9.78. The van der Waals surface area contributed by atoms with Gasteiger partial charge in [0.2, 0.25) is 0 Å². The highest BCUT2D eigenvalue weighted by Crippen LogP contribution is 2.42. The molecule has 0 aromatic heterocycles. The van der Waals surface area contributed by atoms with Gasteiger partial charge in [-0.3, -0.25) is 9.69 Å². The topological polar surface area (TPSA) is 63.7 Å². The van der Waals surface area contributed by atoms with E-state index in [9.17, 15) is 13.2 Å². The van der Waals surface area contributed by atoms with E-state index in [1.165, 1.54) is 39.2 Å². The predicted octanol–water partition coefficient (Wildman–Crippen LogP) is 2.99. The number of hydrogen-bond acceptors (Lipinski definition) is 5. The van der Waals surface area contributed by atoms with Crippen molar-refractivity contribution in [1.82, 2.24) is 4.90 Å². The predicted molar refractivity (Wildman–Crippen MR) is 95.3 cm³/mol. The highest BCUT2D eigenvalue weighted by Gasteiger charge is 2.51. The van der Waals surface area contributed by atoms with E-state index in [1.54, 1.807) is 25.8 Å². The summed E-state index contributed by atoms with van der Waals surface area (Å²) in [5, 5.41) is -1.00. The van der Waals surface area contributed by atoms with Crippen molar-refractivity contribution in [3.05, 3.63) is 0 Å². The highest BCUT2D eigenvalue weighted by molar-refractivity contribution is 7.92. The van der Waals surface area contributed by atoms with Crippen LogP contribution in [0.3, 0.4) is 0 Å². The average Bonchev–Trinajstić information content (AvgIpc) is 2.84. The Kier molecular flexibility index (Phi) is 6.71. The van der Waals surface area contributed by atoms with Crippen LogP contribution in [-0.2, 0) is 19.4 Å². The molecule has 1 saturated heterocycles. The fourth-order valence-electron chi connectivity index (χ4n) is 4.52. The van der Waals surface area contributed by atoms with Crippen molar-refractivity contribution in [2.24, 2.45) is 11.8 Å². The Labute approximate surface area is 147 Å². The molecule has 0 spiro atoms. The summed E-state index contributed by atoms with van der Waals surface area (Å²) in [6, 6.07) is -0.432. The van der Waals surface area contributed by atoms with Gasteiger partial charge in [0.15, 0.2) is 9.84 Å². The maximum atomic E-state index is 12.8.